The summed E-state index contributed by atoms with van der Waals surface area (Å²) in [5.74, 6) is -0.255. The minimum atomic E-state index is -0.255. The Kier molecular flexibility index (Phi) is 1.35. The van der Waals surface area contributed by atoms with E-state index in [1.807, 2.05) is 0 Å². The SMILES string of the molecule is [O]c1ccc(Cl)cn1. The fourth-order valence-electron chi connectivity index (χ4n) is 0.362. The van der Waals surface area contributed by atoms with E-state index < -0.39 is 0 Å². The van der Waals surface area contributed by atoms with E-state index in [2.05, 4.69) is 4.98 Å². The molecule has 0 unspecified atom stereocenters. The third-order valence-corrected chi connectivity index (χ3v) is 0.924. The highest BCUT2D eigenvalue weighted by molar-refractivity contribution is 6.30. The van der Waals surface area contributed by atoms with Crippen LogP contribution in [0.2, 0.25) is 5.02 Å². The van der Waals surface area contributed by atoms with Crippen LogP contribution in [0.25, 0.3) is 0 Å². The van der Waals surface area contributed by atoms with Gasteiger partial charge >= 0.3 is 0 Å². The number of hydrogen-bond acceptors (Lipinski definition) is 1. The minimum absolute atomic E-state index is 0.255. The van der Waals surface area contributed by atoms with Crippen molar-refractivity contribution in [2.24, 2.45) is 0 Å². The van der Waals surface area contributed by atoms with E-state index in [1.54, 1.807) is 0 Å². The Hall–Kier alpha value is -0.760. The zero-order valence-electron chi connectivity index (χ0n) is 3.97. The third kappa shape index (κ3) is 1.10. The van der Waals surface area contributed by atoms with E-state index in [0.29, 0.717) is 5.02 Å². The average molecular weight is 129 g/mol. The summed E-state index contributed by atoms with van der Waals surface area (Å²) in [6.45, 7) is 0. The fraction of sp³-hybridized carbons (Fsp3) is 0. The monoisotopic (exact) mass is 128 g/mol. The normalized spacial score (nSPS) is 9.12. The molecule has 0 atom stereocenters. The zero-order chi connectivity index (χ0) is 5.98. The van der Waals surface area contributed by atoms with Crippen molar-refractivity contribution >= 4 is 11.6 Å². The number of nitrogens with zero attached hydrogens (tertiary/aromatic N) is 1. The number of rotatable bonds is 0. The lowest BCUT2D eigenvalue weighted by Gasteiger charge is -1.83. The van der Waals surface area contributed by atoms with Gasteiger partial charge in [0.2, 0.25) is 0 Å². The smallest absolute Gasteiger partial charge is 0.267 e. The van der Waals surface area contributed by atoms with Crippen LogP contribution >= 0.6 is 11.6 Å². The van der Waals surface area contributed by atoms with Gasteiger partial charge in [0.1, 0.15) is 0 Å². The zero-order valence-corrected chi connectivity index (χ0v) is 4.72. The first-order valence-electron chi connectivity index (χ1n) is 2.07. The summed E-state index contributed by atoms with van der Waals surface area (Å²) in [6, 6.07) is 2.83. The molecular formula is C5H3ClNO. The number of aromatic nitrogens is 1. The molecule has 0 saturated heterocycles. The molecule has 2 nitrogen and oxygen atoms in total. The van der Waals surface area contributed by atoms with Crippen molar-refractivity contribution in [3.63, 3.8) is 0 Å². The second-order valence-corrected chi connectivity index (χ2v) is 1.75. The van der Waals surface area contributed by atoms with Crippen LogP contribution in [-0.2, 0) is 5.11 Å². The summed E-state index contributed by atoms with van der Waals surface area (Å²) in [5, 5.41) is 10.7. The molecule has 0 aromatic carbocycles. The van der Waals surface area contributed by atoms with Crippen molar-refractivity contribution in [3.05, 3.63) is 23.4 Å². The van der Waals surface area contributed by atoms with Crippen LogP contribution in [0.1, 0.15) is 0 Å². The quantitative estimate of drug-likeness (QED) is 0.525. The Balaban J connectivity index is 3.03. The summed E-state index contributed by atoms with van der Waals surface area (Å²) in [5.41, 5.74) is 0. The van der Waals surface area contributed by atoms with Crippen molar-refractivity contribution in [2.45, 2.75) is 0 Å². The first kappa shape index (κ1) is 5.38. The van der Waals surface area contributed by atoms with Gasteiger partial charge in [-0.2, -0.15) is 0 Å². The standard InChI is InChI=1S/C5H3ClNO/c6-4-1-2-5(8)7-3-4/h1-3H. The third-order valence-electron chi connectivity index (χ3n) is 0.700. The van der Waals surface area contributed by atoms with Crippen LogP contribution in [0.5, 0.6) is 5.88 Å². The van der Waals surface area contributed by atoms with E-state index in [4.69, 9.17) is 11.6 Å². The van der Waals surface area contributed by atoms with Gasteiger partial charge in [0.05, 0.1) is 5.02 Å². The van der Waals surface area contributed by atoms with Crippen LogP contribution in [-0.4, -0.2) is 4.98 Å². The van der Waals surface area contributed by atoms with Crippen LogP contribution in [0, 0.1) is 0 Å². The van der Waals surface area contributed by atoms with Gasteiger partial charge in [-0.3, -0.25) is 5.11 Å². The molecule has 0 fully saturated rings. The maximum atomic E-state index is 10.3. The Labute approximate surface area is 51.7 Å². The average Bonchev–Trinajstić information content (AvgIpc) is 1.77. The number of pyridine rings is 1. The van der Waals surface area contributed by atoms with Gasteiger partial charge in [0, 0.05) is 12.3 Å². The Morgan fingerprint density at radius 1 is 1.50 bits per heavy atom. The molecule has 0 amide bonds. The Morgan fingerprint density at radius 3 is 2.62 bits per heavy atom. The lowest BCUT2D eigenvalue weighted by Crippen LogP contribution is -1.68. The predicted molar refractivity (Wildman–Crippen MR) is 29.4 cm³/mol. The summed E-state index contributed by atoms with van der Waals surface area (Å²) < 4.78 is 0. The van der Waals surface area contributed by atoms with Gasteiger partial charge in [0.15, 0.2) is 0 Å². The highest BCUT2D eigenvalue weighted by Crippen LogP contribution is 2.09. The molecule has 0 bridgehead atoms. The fourth-order valence-corrected chi connectivity index (χ4v) is 0.474. The van der Waals surface area contributed by atoms with Crippen LogP contribution in [0.3, 0.4) is 0 Å². The lowest BCUT2D eigenvalue weighted by atomic mass is 10.5. The highest BCUT2D eigenvalue weighted by Gasteiger charge is 1.88. The molecule has 0 saturated carbocycles. The molecule has 1 aromatic rings. The molecule has 0 spiro atoms. The second kappa shape index (κ2) is 2.01. The molecule has 41 valence electrons. The van der Waals surface area contributed by atoms with Crippen molar-refractivity contribution < 1.29 is 5.11 Å². The van der Waals surface area contributed by atoms with Crippen LogP contribution < -0.4 is 0 Å². The van der Waals surface area contributed by atoms with E-state index >= 15 is 0 Å². The van der Waals surface area contributed by atoms with Crippen molar-refractivity contribution in [3.8, 4) is 5.88 Å². The van der Waals surface area contributed by atoms with E-state index in [-0.39, 0.29) is 5.88 Å². The summed E-state index contributed by atoms with van der Waals surface area (Å²) in [6.07, 6.45) is 1.32. The van der Waals surface area contributed by atoms with Gasteiger partial charge in [-0.15, -0.1) is 0 Å². The first-order chi connectivity index (χ1) is 3.79. The summed E-state index contributed by atoms with van der Waals surface area (Å²) in [4.78, 5) is 3.39. The molecule has 0 aliphatic heterocycles. The molecule has 0 aliphatic carbocycles. The van der Waals surface area contributed by atoms with E-state index in [9.17, 15) is 5.11 Å². The van der Waals surface area contributed by atoms with Crippen LogP contribution in [0.4, 0.5) is 0 Å². The Morgan fingerprint density at radius 2 is 2.25 bits per heavy atom. The molecule has 0 aliphatic rings. The number of halogens is 1. The Bertz CT molecular complexity index is 151. The van der Waals surface area contributed by atoms with Gasteiger partial charge in [0.25, 0.3) is 5.88 Å². The summed E-state index contributed by atoms with van der Waals surface area (Å²) >= 11 is 5.41. The van der Waals surface area contributed by atoms with E-state index in [1.165, 1.54) is 18.3 Å². The molecule has 3 heteroatoms. The van der Waals surface area contributed by atoms with Gasteiger partial charge in [-0.1, -0.05) is 11.6 Å². The highest BCUT2D eigenvalue weighted by atomic mass is 35.5. The molecule has 0 N–H and O–H groups in total. The predicted octanol–water partition coefficient (Wildman–Crippen LogP) is 1.88. The van der Waals surface area contributed by atoms with Gasteiger partial charge in [-0.05, 0) is 6.07 Å². The van der Waals surface area contributed by atoms with E-state index in [0.717, 1.165) is 0 Å². The number of hydrogen-bond donors (Lipinski definition) is 0. The molecule has 1 rings (SSSR count). The topological polar surface area (TPSA) is 32.8 Å². The largest absolute Gasteiger partial charge is 0.269 e. The maximum absolute atomic E-state index is 10.3. The maximum Gasteiger partial charge on any atom is 0.269 e. The van der Waals surface area contributed by atoms with Crippen molar-refractivity contribution in [2.75, 3.05) is 0 Å². The molecule has 1 radical (unpaired) electrons. The molecule has 8 heavy (non-hydrogen) atoms. The van der Waals surface area contributed by atoms with Gasteiger partial charge < -0.3 is 0 Å². The van der Waals surface area contributed by atoms with Gasteiger partial charge in [-0.25, -0.2) is 4.98 Å². The first-order valence-corrected chi connectivity index (χ1v) is 2.45. The van der Waals surface area contributed by atoms with Crippen LogP contribution in [0.15, 0.2) is 18.3 Å². The molecule has 1 heterocycles. The molecular weight excluding hydrogens is 126 g/mol. The minimum Gasteiger partial charge on any atom is -0.267 e. The molecule has 1 aromatic heterocycles. The lowest BCUT2D eigenvalue weighted by molar-refractivity contribution is 0.337. The summed E-state index contributed by atoms with van der Waals surface area (Å²) in [7, 11) is 0. The van der Waals surface area contributed by atoms with Crippen molar-refractivity contribution in [1.29, 1.82) is 0 Å². The second-order valence-electron chi connectivity index (χ2n) is 1.31. The van der Waals surface area contributed by atoms with Crippen molar-refractivity contribution in [1.82, 2.24) is 4.98 Å².